The summed E-state index contributed by atoms with van der Waals surface area (Å²) in [7, 11) is 3.88. The SMILES string of the molecule is CN1CCC(N(C)C(=O)c2ccc(Cl)cc2O)CC1. The van der Waals surface area contributed by atoms with Crippen LogP contribution in [-0.4, -0.2) is 54.0 Å². The van der Waals surface area contributed by atoms with E-state index in [-0.39, 0.29) is 17.7 Å². The van der Waals surface area contributed by atoms with Crippen molar-refractivity contribution in [3.63, 3.8) is 0 Å². The van der Waals surface area contributed by atoms with Crippen molar-refractivity contribution in [3.8, 4) is 5.75 Å². The molecule has 1 aromatic rings. The van der Waals surface area contributed by atoms with Gasteiger partial charge in [-0.15, -0.1) is 0 Å². The summed E-state index contributed by atoms with van der Waals surface area (Å²) in [6.07, 6.45) is 1.93. The molecule has 1 N–H and O–H groups in total. The van der Waals surface area contributed by atoms with Crippen molar-refractivity contribution in [2.45, 2.75) is 18.9 Å². The minimum absolute atomic E-state index is 0.0581. The predicted molar refractivity (Wildman–Crippen MR) is 75.7 cm³/mol. The molecule has 1 aliphatic heterocycles. The molecule has 0 spiro atoms. The number of carbonyl (C=O) groups is 1. The summed E-state index contributed by atoms with van der Waals surface area (Å²) in [6, 6.07) is 4.83. The van der Waals surface area contributed by atoms with Crippen LogP contribution in [0.25, 0.3) is 0 Å². The maximum atomic E-state index is 12.4. The van der Waals surface area contributed by atoms with Gasteiger partial charge >= 0.3 is 0 Å². The number of nitrogens with zero attached hydrogens (tertiary/aromatic N) is 2. The van der Waals surface area contributed by atoms with Crippen LogP contribution in [0.3, 0.4) is 0 Å². The van der Waals surface area contributed by atoms with E-state index < -0.39 is 0 Å². The largest absolute Gasteiger partial charge is 0.507 e. The van der Waals surface area contributed by atoms with E-state index in [2.05, 4.69) is 11.9 Å². The zero-order valence-electron chi connectivity index (χ0n) is 11.3. The average Bonchev–Trinajstić information content (AvgIpc) is 2.38. The molecule has 1 fully saturated rings. The molecule has 4 nitrogen and oxygen atoms in total. The highest BCUT2D eigenvalue weighted by atomic mass is 35.5. The lowest BCUT2D eigenvalue weighted by atomic mass is 10.0. The quantitative estimate of drug-likeness (QED) is 0.904. The van der Waals surface area contributed by atoms with E-state index in [1.807, 2.05) is 0 Å². The van der Waals surface area contributed by atoms with Crippen molar-refractivity contribution in [2.24, 2.45) is 0 Å². The average molecular weight is 283 g/mol. The van der Waals surface area contributed by atoms with E-state index in [1.54, 1.807) is 24.1 Å². The van der Waals surface area contributed by atoms with Gasteiger partial charge in [0.05, 0.1) is 5.56 Å². The standard InChI is InChI=1S/C14H19ClN2O2/c1-16-7-5-11(6-8-16)17(2)14(19)12-4-3-10(15)9-13(12)18/h3-4,9,11,18H,5-8H2,1-2H3. The Hall–Kier alpha value is -1.26. The molecule has 0 unspecified atom stereocenters. The van der Waals surface area contributed by atoms with Crippen molar-refractivity contribution in [3.05, 3.63) is 28.8 Å². The second kappa shape index (κ2) is 5.80. The number of benzene rings is 1. The summed E-state index contributed by atoms with van der Waals surface area (Å²) in [5.41, 5.74) is 0.311. The van der Waals surface area contributed by atoms with E-state index in [0.29, 0.717) is 10.6 Å². The fourth-order valence-electron chi connectivity index (χ4n) is 2.42. The summed E-state index contributed by atoms with van der Waals surface area (Å²) in [5.74, 6) is -0.207. The Morgan fingerprint density at radius 3 is 2.63 bits per heavy atom. The van der Waals surface area contributed by atoms with Gasteiger partial charge in [0, 0.05) is 18.1 Å². The van der Waals surface area contributed by atoms with Crippen molar-refractivity contribution in [2.75, 3.05) is 27.2 Å². The normalized spacial score (nSPS) is 17.4. The molecular formula is C14H19ClN2O2. The molecule has 1 amide bonds. The fraction of sp³-hybridized carbons (Fsp3) is 0.500. The summed E-state index contributed by atoms with van der Waals surface area (Å²) >= 11 is 5.78. The molecule has 5 heteroatoms. The molecule has 1 heterocycles. The summed E-state index contributed by atoms with van der Waals surface area (Å²) < 4.78 is 0. The first-order valence-corrected chi connectivity index (χ1v) is 6.81. The van der Waals surface area contributed by atoms with Crippen LogP contribution in [0.5, 0.6) is 5.75 Å². The molecule has 0 radical (unpaired) electrons. The highest BCUT2D eigenvalue weighted by Gasteiger charge is 2.25. The number of amides is 1. The van der Waals surface area contributed by atoms with Crippen LogP contribution < -0.4 is 0 Å². The Morgan fingerprint density at radius 2 is 2.05 bits per heavy atom. The molecule has 0 aliphatic carbocycles. The lowest BCUT2D eigenvalue weighted by Gasteiger charge is -2.35. The highest BCUT2D eigenvalue weighted by Crippen LogP contribution is 2.25. The molecule has 0 saturated carbocycles. The lowest BCUT2D eigenvalue weighted by Crippen LogP contribution is -2.44. The topological polar surface area (TPSA) is 43.8 Å². The molecule has 1 aliphatic rings. The number of hydrogen-bond donors (Lipinski definition) is 1. The predicted octanol–water partition coefficient (Wildman–Crippen LogP) is 2.21. The zero-order valence-corrected chi connectivity index (χ0v) is 12.0. The van der Waals surface area contributed by atoms with Crippen LogP contribution in [0.2, 0.25) is 5.02 Å². The first-order valence-electron chi connectivity index (χ1n) is 6.43. The van der Waals surface area contributed by atoms with Crippen molar-refractivity contribution < 1.29 is 9.90 Å². The van der Waals surface area contributed by atoms with Gasteiger partial charge in [-0.1, -0.05) is 11.6 Å². The fourth-order valence-corrected chi connectivity index (χ4v) is 2.59. The van der Waals surface area contributed by atoms with Crippen LogP contribution >= 0.6 is 11.6 Å². The Labute approximate surface area is 118 Å². The van der Waals surface area contributed by atoms with Crippen molar-refractivity contribution in [1.82, 2.24) is 9.80 Å². The summed E-state index contributed by atoms with van der Waals surface area (Å²) in [6.45, 7) is 1.99. The van der Waals surface area contributed by atoms with E-state index in [0.717, 1.165) is 25.9 Å². The van der Waals surface area contributed by atoms with Gasteiger partial charge in [-0.05, 0) is 51.2 Å². The molecule has 0 aromatic heterocycles. The number of piperidine rings is 1. The van der Waals surface area contributed by atoms with Crippen LogP contribution in [0, 0.1) is 0 Å². The monoisotopic (exact) mass is 282 g/mol. The number of hydrogen-bond acceptors (Lipinski definition) is 3. The molecule has 1 aromatic carbocycles. The maximum absolute atomic E-state index is 12.4. The third kappa shape index (κ3) is 3.19. The third-order valence-electron chi connectivity index (χ3n) is 3.75. The second-order valence-corrected chi connectivity index (χ2v) is 5.55. The van der Waals surface area contributed by atoms with Crippen LogP contribution in [0.4, 0.5) is 0 Å². The van der Waals surface area contributed by atoms with Gasteiger partial charge in [-0.2, -0.15) is 0 Å². The van der Waals surface area contributed by atoms with Gasteiger partial charge in [0.25, 0.3) is 5.91 Å². The van der Waals surface area contributed by atoms with Crippen LogP contribution in [0.1, 0.15) is 23.2 Å². The first-order chi connectivity index (χ1) is 8.99. The number of aromatic hydroxyl groups is 1. The van der Waals surface area contributed by atoms with Gasteiger partial charge in [0.1, 0.15) is 5.75 Å². The number of phenolic OH excluding ortho intramolecular Hbond substituents is 1. The Bertz CT molecular complexity index is 471. The third-order valence-corrected chi connectivity index (χ3v) is 3.98. The van der Waals surface area contributed by atoms with Gasteiger partial charge in [0.2, 0.25) is 0 Å². The Kier molecular flexibility index (Phi) is 4.32. The highest BCUT2D eigenvalue weighted by molar-refractivity contribution is 6.30. The van der Waals surface area contributed by atoms with E-state index in [9.17, 15) is 9.90 Å². The van der Waals surface area contributed by atoms with Crippen LogP contribution in [-0.2, 0) is 0 Å². The minimum Gasteiger partial charge on any atom is -0.507 e. The van der Waals surface area contributed by atoms with E-state index in [4.69, 9.17) is 11.6 Å². The molecule has 2 rings (SSSR count). The molecule has 0 bridgehead atoms. The zero-order chi connectivity index (χ0) is 14.0. The second-order valence-electron chi connectivity index (χ2n) is 5.11. The number of likely N-dealkylation sites (tertiary alicyclic amines) is 1. The van der Waals surface area contributed by atoms with Crippen molar-refractivity contribution >= 4 is 17.5 Å². The molecule has 19 heavy (non-hydrogen) atoms. The first kappa shape index (κ1) is 14.2. The number of halogens is 1. The Morgan fingerprint density at radius 1 is 1.42 bits per heavy atom. The Balaban J connectivity index is 2.10. The lowest BCUT2D eigenvalue weighted by molar-refractivity contribution is 0.0656. The minimum atomic E-state index is -0.149. The van der Waals surface area contributed by atoms with Crippen molar-refractivity contribution in [1.29, 1.82) is 0 Å². The molecular weight excluding hydrogens is 264 g/mol. The molecule has 0 atom stereocenters. The summed E-state index contributed by atoms with van der Waals surface area (Å²) in [4.78, 5) is 16.4. The number of carbonyl (C=O) groups excluding carboxylic acids is 1. The van der Waals surface area contributed by atoms with Gasteiger partial charge in [-0.3, -0.25) is 4.79 Å². The number of rotatable bonds is 2. The van der Waals surface area contributed by atoms with Crippen LogP contribution in [0.15, 0.2) is 18.2 Å². The van der Waals surface area contributed by atoms with Gasteiger partial charge in [0.15, 0.2) is 0 Å². The van der Waals surface area contributed by atoms with E-state index >= 15 is 0 Å². The van der Waals surface area contributed by atoms with Gasteiger partial charge in [-0.25, -0.2) is 0 Å². The smallest absolute Gasteiger partial charge is 0.257 e. The van der Waals surface area contributed by atoms with E-state index in [1.165, 1.54) is 6.07 Å². The molecule has 104 valence electrons. The number of phenols is 1. The van der Waals surface area contributed by atoms with Gasteiger partial charge < -0.3 is 14.9 Å². The summed E-state index contributed by atoms with van der Waals surface area (Å²) in [5, 5.41) is 10.2. The molecule has 1 saturated heterocycles. The maximum Gasteiger partial charge on any atom is 0.257 e.